The molecule has 1 N–H and O–H groups in total. The average Bonchev–Trinajstić information content (AvgIpc) is 3.11. The molecule has 7 heteroatoms. The second kappa shape index (κ2) is 9.14. The van der Waals surface area contributed by atoms with Gasteiger partial charge in [0, 0.05) is 11.5 Å². The van der Waals surface area contributed by atoms with Gasteiger partial charge in [0.25, 0.3) is 5.91 Å². The molecule has 0 fully saturated rings. The van der Waals surface area contributed by atoms with Gasteiger partial charge in [0.05, 0.1) is 6.04 Å². The maximum Gasteiger partial charge on any atom is 0.332 e. The highest BCUT2D eigenvalue weighted by molar-refractivity contribution is 7.10. The Hall–Kier alpha value is -2.25. The zero-order chi connectivity index (χ0) is 17.4. The summed E-state index contributed by atoms with van der Waals surface area (Å²) in [7, 11) is 0. The molecule has 2 rings (SSSR count). The van der Waals surface area contributed by atoms with Crippen LogP contribution in [0.15, 0.2) is 41.8 Å². The van der Waals surface area contributed by atoms with E-state index in [4.69, 9.17) is 9.47 Å². The van der Waals surface area contributed by atoms with E-state index in [9.17, 15) is 14.0 Å². The molecule has 1 aromatic heterocycles. The van der Waals surface area contributed by atoms with Crippen LogP contribution in [-0.4, -0.2) is 31.7 Å². The van der Waals surface area contributed by atoms with Crippen LogP contribution < -0.4 is 5.32 Å². The van der Waals surface area contributed by atoms with E-state index in [1.165, 1.54) is 23.5 Å². The molecule has 0 saturated carbocycles. The summed E-state index contributed by atoms with van der Waals surface area (Å²) in [4.78, 5) is 24.3. The molecule has 0 aliphatic carbocycles. The smallest absolute Gasteiger partial charge is 0.332 e. The summed E-state index contributed by atoms with van der Waals surface area (Å²) < 4.78 is 22.9. The van der Waals surface area contributed by atoms with Crippen LogP contribution in [0.4, 0.5) is 4.39 Å². The summed E-state index contributed by atoms with van der Waals surface area (Å²) in [5.41, 5.74) is 0.743. The second-order valence-electron chi connectivity index (χ2n) is 4.87. The third kappa shape index (κ3) is 5.43. The summed E-state index contributed by atoms with van der Waals surface area (Å²) in [5, 5.41) is 4.69. The number of esters is 1. The van der Waals surface area contributed by atoms with E-state index in [1.54, 1.807) is 19.1 Å². The zero-order valence-corrected chi connectivity index (χ0v) is 14.0. The first-order valence-electron chi connectivity index (χ1n) is 7.41. The fraction of sp³-hybridized carbons (Fsp3) is 0.294. The number of hydrogen-bond donors (Lipinski definition) is 1. The van der Waals surface area contributed by atoms with Crippen molar-refractivity contribution in [3.8, 4) is 0 Å². The standard InChI is InChI=1S/C17H18FNO4S/c1-2-22-11-16(21)23-10-15(20)19-17(14-4-3-9-24-14)12-5-7-13(18)8-6-12/h3-9,17H,2,10-11H2,1H3,(H,19,20)/t17-/m0/s1. The first-order chi connectivity index (χ1) is 11.6. The fourth-order valence-electron chi connectivity index (χ4n) is 2.01. The van der Waals surface area contributed by atoms with Gasteiger partial charge in [0.1, 0.15) is 12.4 Å². The van der Waals surface area contributed by atoms with Crippen molar-refractivity contribution in [1.29, 1.82) is 0 Å². The predicted octanol–water partition coefficient (Wildman–Crippen LogP) is 2.67. The van der Waals surface area contributed by atoms with Crippen LogP contribution >= 0.6 is 11.3 Å². The van der Waals surface area contributed by atoms with Crippen LogP contribution in [0, 0.1) is 5.82 Å². The normalized spacial score (nSPS) is 11.8. The van der Waals surface area contributed by atoms with E-state index in [0.717, 1.165) is 10.4 Å². The average molecular weight is 351 g/mol. The van der Waals surface area contributed by atoms with E-state index < -0.39 is 24.5 Å². The lowest BCUT2D eigenvalue weighted by atomic mass is 10.1. The molecule has 2 aromatic rings. The van der Waals surface area contributed by atoms with Crippen molar-refractivity contribution in [3.05, 3.63) is 58.0 Å². The molecule has 1 atom stereocenters. The molecule has 0 aliphatic heterocycles. The molecular weight excluding hydrogens is 333 g/mol. The van der Waals surface area contributed by atoms with Gasteiger partial charge in [-0.15, -0.1) is 11.3 Å². The first kappa shape index (κ1) is 18.1. The Labute approximate surface area is 143 Å². The molecule has 1 aromatic carbocycles. The third-order valence-corrected chi connectivity index (χ3v) is 4.06. The molecule has 0 aliphatic rings. The Morgan fingerprint density at radius 3 is 2.58 bits per heavy atom. The van der Waals surface area contributed by atoms with Crippen LogP contribution in [-0.2, 0) is 19.1 Å². The van der Waals surface area contributed by atoms with E-state index >= 15 is 0 Å². The van der Waals surface area contributed by atoms with Crippen LogP contribution in [0.2, 0.25) is 0 Å². The summed E-state index contributed by atoms with van der Waals surface area (Å²) in [5.74, 6) is -1.39. The highest BCUT2D eigenvalue weighted by Crippen LogP contribution is 2.26. The molecule has 0 saturated heterocycles. The maximum absolute atomic E-state index is 13.1. The Morgan fingerprint density at radius 1 is 1.21 bits per heavy atom. The molecular formula is C17H18FNO4S. The maximum atomic E-state index is 13.1. The highest BCUT2D eigenvalue weighted by Gasteiger charge is 2.19. The number of thiophene rings is 1. The van der Waals surface area contributed by atoms with Crippen LogP contribution in [0.5, 0.6) is 0 Å². The Kier molecular flexibility index (Phi) is 6.89. The molecule has 0 bridgehead atoms. The molecule has 128 valence electrons. The van der Waals surface area contributed by atoms with Crippen LogP contribution in [0.3, 0.4) is 0 Å². The van der Waals surface area contributed by atoms with Gasteiger partial charge in [0.15, 0.2) is 6.61 Å². The predicted molar refractivity (Wildman–Crippen MR) is 88.2 cm³/mol. The van der Waals surface area contributed by atoms with Crippen LogP contribution in [0.1, 0.15) is 23.4 Å². The Morgan fingerprint density at radius 2 is 1.96 bits per heavy atom. The van der Waals surface area contributed by atoms with E-state index in [0.29, 0.717) is 6.61 Å². The van der Waals surface area contributed by atoms with E-state index in [2.05, 4.69) is 5.32 Å². The number of benzene rings is 1. The highest BCUT2D eigenvalue weighted by atomic mass is 32.1. The summed E-state index contributed by atoms with van der Waals surface area (Å²) in [6.07, 6.45) is 0. The van der Waals surface area contributed by atoms with Crippen molar-refractivity contribution in [2.45, 2.75) is 13.0 Å². The Balaban J connectivity index is 2.00. The van der Waals surface area contributed by atoms with Crippen molar-refractivity contribution >= 4 is 23.2 Å². The van der Waals surface area contributed by atoms with Crippen LogP contribution in [0.25, 0.3) is 0 Å². The van der Waals surface area contributed by atoms with Crippen molar-refractivity contribution in [2.75, 3.05) is 19.8 Å². The SMILES string of the molecule is CCOCC(=O)OCC(=O)N[C@@H](c1ccc(F)cc1)c1cccs1. The molecule has 1 heterocycles. The second-order valence-corrected chi connectivity index (χ2v) is 5.84. The fourth-order valence-corrected chi connectivity index (χ4v) is 2.81. The Bertz CT molecular complexity index is 658. The van der Waals surface area contributed by atoms with Gasteiger partial charge >= 0.3 is 5.97 Å². The first-order valence-corrected chi connectivity index (χ1v) is 8.29. The zero-order valence-electron chi connectivity index (χ0n) is 13.2. The molecule has 0 spiro atoms. The number of halogens is 1. The summed E-state index contributed by atoms with van der Waals surface area (Å²) in [6.45, 7) is 1.58. The molecule has 1 amide bonds. The lowest BCUT2D eigenvalue weighted by Crippen LogP contribution is -2.33. The molecule has 0 unspecified atom stereocenters. The quantitative estimate of drug-likeness (QED) is 0.743. The number of hydrogen-bond acceptors (Lipinski definition) is 5. The van der Waals surface area contributed by atoms with Crippen molar-refractivity contribution in [2.24, 2.45) is 0 Å². The number of rotatable bonds is 8. The van der Waals surface area contributed by atoms with Gasteiger partial charge in [0.2, 0.25) is 0 Å². The molecule has 24 heavy (non-hydrogen) atoms. The lowest BCUT2D eigenvalue weighted by molar-refractivity contribution is -0.152. The van der Waals surface area contributed by atoms with Gasteiger partial charge in [-0.3, -0.25) is 4.79 Å². The molecule has 0 radical (unpaired) electrons. The summed E-state index contributed by atoms with van der Waals surface area (Å²) in [6, 6.07) is 9.21. The van der Waals surface area contributed by atoms with Crippen molar-refractivity contribution in [1.82, 2.24) is 5.32 Å². The number of amides is 1. The largest absolute Gasteiger partial charge is 0.454 e. The van der Waals surface area contributed by atoms with E-state index in [-0.39, 0.29) is 12.4 Å². The third-order valence-electron chi connectivity index (χ3n) is 3.12. The van der Waals surface area contributed by atoms with Crippen molar-refractivity contribution < 1.29 is 23.5 Å². The lowest BCUT2D eigenvalue weighted by Gasteiger charge is -2.18. The number of carbonyl (C=O) groups is 2. The van der Waals surface area contributed by atoms with Gasteiger partial charge in [-0.2, -0.15) is 0 Å². The monoisotopic (exact) mass is 351 g/mol. The molecule has 5 nitrogen and oxygen atoms in total. The van der Waals surface area contributed by atoms with Crippen molar-refractivity contribution in [3.63, 3.8) is 0 Å². The minimum absolute atomic E-state index is 0.184. The van der Waals surface area contributed by atoms with Gasteiger partial charge in [-0.25, -0.2) is 9.18 Å². The van der Waals surface area contributed by atoms with Gasteiger partial charge in [-0.05, 0) is 36.1 Å². The summed E-state index contributed by atoms with van der Waals surface area (Å²) >= 11 is 1.47. The number of carbonyl (C=O) groups excluding carboxylic acids is 2. The number of nitrogens with one attached hydrogen (secondary N) is 1. The van der Waals surface area contributed by atoms with E-state index in [1.807, 2.05) is 17.5 Å². The minimum atomic E-state index is -0.596. The minimum Gasteiger partial charge on any atom is -0.454 e. The van der Waals surface area contributed by atoms with Gasteiger partial charge < -0.3 is 14.8 Å². The number of ether oxygens (including phenoxy) is 2. The topological polar surface area (TPSA) is 64.6 Å². The van der Waals surface area contributed by atoms with Gasteiger partial charge in [-0.1, -0.05) is 18.2 Å².